The monoisotopic (exact) mass is 178 g/mol. The predicted octanol–water partition coefficient (Wildman–Crippen LogP) is 0.248. The number of hydrogen-bond acceptors (Lipinski definition) is 3. The van der Waals surface area contributed by atoms with E-state index in [9.17, 15) is 10.2 Å². The van der Waals surface area contributed by atoms with Crippen LogP contribution in [-0.4, -0.2) is 34.6 Å². The number of halogens is 1. The lowest BCUT2D eigenvalue weighted by atomic mass is 10.1. The topological polar surface area (TPSA) is 49.7 Å². The maximum absolute atomic E-state index is 9.27. The van der Waals surface area contributed by atoms with E-state index >= 15 is 0 Å². The van der Waals surface area contributed by atoms with Crippen molar-refractivity contribution < 1.29 is 14.9 Å². The molecule has 1 aliphatic heterocycles. The molecule has 0 aromatic carbocycles. The molecule has 0 bridgehead atoms. The summed E-state index contributed by atoms with van der Waals surface area (Å²) in [7, 11) is 0. The highest BCUT2D eigenvalue weighted by atomic mass is 35.5. The Labute approximate surface area is 70.2 Å². The van der Waals surface area contributed by atoms with Crippen LogP contribution in [0.1, 0.15) is 6.92 Å². The number of aliphatic hydroxyl groups excluding tert-OH is 2. The SMILES string of the molecule is C[C@@H]1O[C@H](/C=C\Cl)[C@H](O)[C@@H]1O. The maximum atomic E-state index is 9.27. The average molecular weight is 179 g/mol. The van der Waals surface area contributed by atoms with Crippen molar-refractivity contribution in [3.8, 4) is 0 Å². The third-order valence-electron chi connectivity index (χ3n) is 1.80. The Balaban J connectivity index is 2.59. The van der Waals surface area contributed by atoms with E-state index < -0.39 is 18.3 Å². The largest absolute Gasteiger partial charge is 0.388 e. The van der Waals surface area contributed by atoms with Gasteiger partial charge in [-0.3, -0.25) is 0 Å². The number of aliphatic hydroxyl groups is 2. The Morgan fingerprint density at radius 3 is 2.36 bits per heavy atom. The van der Waals surface area contributed by atoms with E-state index in [0.717, 1.165) is 0 Å². The van der Waals surface area contributed by atoms with Gasteiger partial charge in [-0.25, -0.2) is 0 Å². The first-order chi connectivity index (χ1) is 5.16. The first-order valence-electron chi connectivity index (χ1n) is 3.45. The van der Waals surface area contributed by atoms with E-state index in [0.29, 0.717) is 0 Å². The summed E-state index contributed by atoms with van der Waals surface area (Å²) < 4.78 is 5.15. The van der Waals surface area contributed by atoms with Crippen molar-refractivity contribution in [2.45, 2.75) is 31.3 Å². The minimum absolute atomic E-state index is 0.331. The lowest BCUT2D eigenvalue weighted by molar-refractivity contribution is 0.0316. The summed E-state index contributed by atoms with van der Waals surface area (Å²) in [4.78, 5) is 0. The van der Waals surface area contributed by atoms with Gasteiger partial charge < -0.3 is 14.9 Å². The highest BCUT2D eigenvalue weighted by Gasteiger charge is 2.38. The molecule has 4 atom stereocenters. The molecule has 0 saturated carbocycles. The summed E-state index contributed by atoms with van der Waals surface area (Å²) in [5.41, 5.74) is 1.28. The van der Waals surface area contributed by atoms with Crippen LogP contribution < -0.4 is 0 Å². The molecular formula is C7H11ClO3. The lowest BCUT2D eigenvalue weighted by Crippen LogP contribution is -2.30. The van der Waals surface area contributed by atoms with Crippen molar-refractivity contribution in [3.63, 3.8) is 0 Å². The van der Waals surface area contributed by atoms with Crippen molar-refractivity contribution in [1.82, 2.24) is 0 Å². The van der Waals surface area contributed by atoms with Gasteiger partial charge in [0.15, 0.2) is 0 Å². The second-order valence-corrected chi connectivity index (χ2v) is 2.86. The van der Waals surface area contributed by atoms with E-state index in [1.54, 1.807) is 6.92 Å². The van der Waals surface area contributed by atoms with Gasteiger partial charge in [0.1, 0.15) is 18.3 Å². The first-order valence-corrected chi connectivity index (χ1v) is 3.89. The van der Waals surface area contributed by atoms with Gasteiger partial charge in [-0.15, -0.1) is 0 Å². The minimum atomic E-state index is -0.861. The van der Waals surface area contributed by atoms with Crippen LogP contribution in [0.4, 0.5) is 0 Å². The number of ether oxygens (including phenoxy) is 1. The van der Waals surface area contributed by atoms with Gasteiger partial charge in [-0.05, 0) is 13.0 Å². The van der Waals surface area contributed by atoms with Crippen LogP contribution in [0.2, 0.25) is 0 Å². The molecule has 0 unspecified atom stereocenters. The molecule has 0 radical (unpaired) electrons. The Morgan fingerprint density at radius 2 is 2.00 bits per heavy atom. The first kappa shape index (κ1) is 9.00. The normalized spacial score (nSPS) is 45.5. The molecule has 0 aromatic rings. The third kappa shape index (κ3) is 1.73. The molecule has 1 rings (SSSR count). The van der Waals surface area contributed by atoms with E-state index in [-0.39, 0.29) is 6.10 Å². The van der Waals surface area contributed by atoms with Gasteiger partial charge in [-0.1, -0.05) is 11.6 Å². The van der Waals surface area contributed by atoms with E-state index in [1.165, 1.54) is 11.6 Å². The fourth-order valence-electron chi connectivity index (χ4n) is 1.11. The third-order valence-corrected chi connectivity index (χ3v) is 1.95. The average Bonchev–Trinajstić information content (AvgIpc) is 2.19. The Hall–Kier alpha value is -0.0900. The summed E-state index contributed by atoms with van der Waals surface area (Å²) in [5, 5.41) is 18.5. The van der Waals surface area contributed by atoms with E-state index in [1.807, 2.05) is 0 Å². The molecule has 2 N–H and O–H groups in total. The predicted molar refractivity (Wildman–Crippen MR) is 41.3 cm³/mol. The second kappa shape index (κ2) is 3.54. The fourth-order valence-corrected chi connectivity index (χ4v) is 1.26. The molecule has 4 heteroatoms. The highest BCUT2D eigenvalue weighted by molar-refractivity contribution is 6.25. The van der Waals surface area contributed by atoms with Gasteiger partial charge in [0.2, 0.25) is 0 Å². The molecule has 1 saturated heterocycles. The zero-order chi connectivity index (χ0) is 8.43. The standard InChI is InChI=1S/C7H11ClO3/c1-4-6(9)7(10)5(11-4)2-3-8/h2-7,9-10H,1H3/b3-2-/t4-,5+,6+,7-/m0/s1. The smallest absolute Gasteiger partial charge is 0.112 e. The van der Waals surface area contributed by atoms with E-state index in [2.05, 4.69) is 0 Å². The van der Waals surface area contributed by atoms with Crippen molar-refractivity contribution in [1.29, 1.82) is 0 Å². The Morgan fingerprint density at radius 1 is 1.36 bits per heavy atom. The summed E-state index contributed by atoms with van der Waals surface area (Å²) >= 11 is 5.29. The molecule has 1 fully saturated rings. The molecule has 64 valence electrons. The van der Waals surface area contributed by atoms with Gasteiger partial charge in [0.25, 0.3) is 0 Å². The van der Waals surface area contributed by atoms with Crippen molar-refractivity contribution in [2.75, 3.05) is 0 Å². The number of rotatable bonds is 1. The summed E-state index contributed by atoms with van der Waals surface area (Å²) in [6.45, 7) is 1.70. The van der Waals surface area contributed by atoms with Crippen LogP contribution in [-0.2, 0) is 4.74 Å². The van der Waals surface area contributed by atoms with Crippen molar-refractivity contribution >= 4 is 11.6 Å². The van der Waals surface area contributed by atoms with Crippen LogP contribution >= 0.6 is 11.6 Å². The van der Waals surface area contributed by atoms with Crippen LogP contribution in [0.5, 0.6) is 0 Å². The molecule has 1 aliphatic rings. The second-order valence-electron chi connectivity index (χ2n) is 2.61. The molecule has 0 amide bonds. The van der Waals surface area contributed by atoms with Crippen molar-refractivity contribution in [2.24, 2.45) is 0 Å². The van der Waals surface area contributed by atoms with Crippen LogP contribution in [0.3, 0.4) is 0 Å². The van der Waals surface area contributed by atoms with Crippen LogP contribution in [0, 0.1) is 0 Å². The summed E-state index contributed by atoms with van der Waals surface area (Å²) in [6.07, 6.45) is -0.966. The van der Waals surface area contributed by atoms with Crippen LogP contribution in [0.15, 0.2) is 11.6 Å². The fraction of sp³-hybridized carbons (Fsp3) is 0.714. The Bertz CT molecular complexity index is 160. The quantitative estimate of drug-likeness (QED) is 0.605. The van der Waals surface area contributed by atoms with Gasteiger partial charge >= 0.3 is 0 Å². The lowest BCUT2D eigenvalue weighted by Gasteiger charge is -2.09. The Kier molecular flexibility index (Phi) is 2.90. The molecular weight excluding hydrogens is 168 g/mol. The molecule has 0 aromatic heterocycles. The molecule has 11 heavy (non-hydrogen) atoms. The summed E-state index contributed by atoms with van der Waals surface area (Å²) in [5.74, 6) is 0. The van der Waals surface area contributed by atoms with Gasteiger partial charge in [0.05, 0.1) is 6.10 Å². The number of hydrogen-bond donors (Lipinski definition) is 2. The van der Waals surface area contributed by atoms with Crippen LogP contribution in [0.25, 0.3) is 0 Å². The molecule has 0 spiro atoms. The molecule has 3 nitrogen and oxygen atoms in total. The molecule has 0 aliphatic carbocycles. The van der Waals surface area contributed by atoms with Gasteiger partial charge in [-0.2, -0.15) is 0 Å². The van der Waals surface area contributed by atoms with Crippen molar-refractivity contribution in [3.05, 3.63) is 11.6 Å². The minimum Gasteiger partial charge on any atom is -0.388 e. The zero-order valence-corrected chi connectivity index (χ0v) is 6.90. The highest BCUT2D eigenvalue weighted by Crippen LogP contribution is 2.21. The van der Waals surface area contributed by atoms with Gasteiger partial charge in [0, 0.05) is 5.54 Å². The zero-order valence-electron chi connectivity index (χ0n) is 6.14. The summed E-state index contributed by atoms with van der Waals surface area (Å²) in [6, 6.07) is 0. The maximum Gasteiger partial charge on any atom is 0.112 e. The molecule has 1 heterocycles. The van der Waals surface area contributed by atoms with E-state index in [4.69, 9.17) is 16.3 Å².